The summed E-state index contributed by atoms with van der Waals surface area (Å²) < 4.78 is 1.92. The molecule has 1 N–H and O–H groups in total. The summed E-state index contributed by atoms with van der Waals surface area (Å²) in [6.45, 7) is 7.42. The lowest BCUT2D eigenvalue weighted by atomic mass is 9.96. The van der Waals surface area contributed by atoms with Crippen LogP contribution < -0.4 is 5.32 Å². The average molecular weight is 243 g/mol. The van der Waals surface area contributed by atoms with Crippen LogP contribution in [0.25, 0.3) is 11.1 Å². The summed E-state index contributed by atoms with van der Waals surface area (Å²) in [7, 11) is 1.98. The van der Waals surface area contributed by atoms with Gasteiger partial charge in [0.1, 0.15) is 0 Å². The molecule has 3 nitrogen and oxygen atoms in total. The number of aryl methyl sites for hydroxylation is 1. The molecular formula is C15H21N3. The van der Waals surface area contributed by atoms with Crippen LogP contribution in [-0.2, 0) is 7.05 Å². The fraction of sp³-hybridized carbons (Fsp3) is 0.400. The second-order valence-electron chi connectivity index (χ2n) is 4.63. The normalized spacial score (nSPS) is 12.7. The van der Waals surface area contributed by atoms with E-state index in [1.165, 1.54) is 22.4 Å². The van der Waals surface area contributed by atoms with Crippen molar-refractivity contribution in [3.8, 4) is 11.1 Å². The van der Waals surface area contributed by atoms with Gasteiger partial charge in [-0.05, 0) is 31.5 Å². The predicted octanol–water partition coefficient (Wildman–Crippen LogP) is 3.07. The SMILES string of the molecule is CCNC(C)c1ccccc1-c1cnn(C)c1C. The molecule has 0 aliphatic rings. The molecule has 0 amide bonds. The van der Waals surface area contributed by atoms with Gasteiger partial charge in [-0.2, -0.15) is 5.10 Å². The second kappa shape index (κ2) is 5.36. The monoisotopic (exact) mass is 243 g/mol. The number of hydrogen-bond acceptors (Lipinski definition) is 2. The number of benzene rings is 1. The molecule has 0 bridgehead atoms. The molecule has 0 aliphatic heterocycles. The van der Waals surface area contributed by atoms with Crippen molar-refractivity contribution in [2.24, 2.45) is 7.05 Å². The van der Waals surface area contributed by atoms with Gasteiger partial charge in [0.15, 0.2) is 0 Å². The second-order valence-corrected chi connectivity index (χ2v) is 4.63. The molecule has 1 atom stereocenters. The molecule has 0 spiro atoms. The third-order valence-electron chi connectivity index (χ3n) is 3.46. The van der Waals surface area contributed by atoms with Crippen molar-refractivity contribution in [2.45, 2.75) is 26.8 Å². The summed E-state index contributed by atoms with van der Waals surface area (Å²) in [5.41, 5.74) is 5.02. The Balaban J connectivity index is 2.48. The van der Waals surface area contributed by atoms with E-state index in [4.69, 9.17) is 0 Å². The van der Waals surface area contributed by atoms with Crippen LogP contribution in [0, 0.1) is 6.92 Å². The molecule has 1 aromatic heterocycles. The maximum atomic E-state index is 4.34. The molecule has 0 saturated heterocycles. The topological polar surface area (TPSA) is 29.9 Å². The van der Waals surface area contributed by atoms with Crippen LogP contribution in [0.15, 0.2) is 30.5 Å². The quantitative estimate of drug-likeness (QED) is 0.894. The van der Waals surface area contributed by atoms with E-state index in [1.54, 1.807) is 0 Å². The molecule has 0 saturated carbocycles. The molecule has 2 rings (SSSR count). The Morgan fingerprint density at radius 3 is 2.61 bits per heavy atom. The van der Waals surface area contributed by atoms with Crippen molar-refractivity contribution in [2.75, 3.05) is 6.54 Å². The van der Waals surface area contributed by atoms with Gasteiger partial charge in [-0.1, -0.05) is 31.2 Å². The first-order valence-corrected chi connectivity index (χ1v) is 6.46. The summed E-state index contributed by atoms with van der Waals surface area (Å²) in [5, 5.41) is 7.81. The van der Waals surface area contributed by atoms with Crippen LogP contribution in [0.2, 0.25) is 0 Å². The summed E-state index contributed by atoms with van der Waals surface area (Å²) in [4.78, 5) is 0. The molecule has 2 aromatic rings. The van der Waals surface area contributed by atoms with Crippen LogP contribution in [0.1, 0.15) is 31.1 Å². The van der Waals surface area contributed by atoms with Crippen LogP contribution in [0.3, 0.4) is 0 Å². The molecule has 1 unspecified atom stereocenters. The molecule has 1 aromatic carbocycles. The largest absolute Gasteiger partial charge is 0.310 e. The van der Waals surface area contributed by atoms with Crippen molar-refractivity contribution < 1.29 is 0 Å². The lowest BCUT2D eigenvalue weighted by molar-refractivity contribution is 0.599. The molecule has 3 heteroatoms. The van der Waals surface area contributed by atoms with E-state index in [-0.39, 0.29) is 0 Å². The Kier molecular flexibility index (Phi) is 3.82. The zero-order valence-electron chi connectivity index (χ0n) is 11.6. The Bertz CT molecular complexity index is 528. The van der Waals surface area contributed by atoms with E-state index in [0.717, 1.165) is 6.54 Å². The molecule has 1 heterocycles. The molecule has 96 valence electrons. The smallest absolute Gasteiger partial charge is 0.0571 e. The van der Waals surface area contributed by atoms with E-state index in [0.29, 0.717) is 6.04 Å². The van der Waals surface area contributed by atoms with Gasteiger partial charge < -0.3 is 5.32 Å². The number of hydrogen-bond donors (Lipinski definition) is 1. The van der Waals surface area contributed by atoms with Gasteiger partial charge in [0, 0.05) is 24.3 Å². The zero-order valence-corrected chi connectivity index (χ0v) is 11.6. The molecule has 18 heavy (non-hydrogen) atoms. The van der Waals surface area contributed by atoms with Crippen LogP contribution in [0.5, 0.6) is 0 Å². The van der Waals surface area contributed by atoms with Crippen molar-refractivity contribution in [1.29, 1.82) is 0 Å². The fourth-order valence-electron chi connectivity index (χ4n) is 2.30. The number of rotatable bonds is 4. The first kappa shape index (κ1) is 12.8. The summed E-state index contributed by atoms with van der Waals surface area (Å²) in [6, 6.07) is 8.90. The predicted molar refractivity (Wildman–Crippen MR) is 75.5 cm³/mol. The van der Waals surface area contributed by atoms with Crippen molar-refractivity contribution >= 4 is 0 Å². The number of nitrogens with zero attached hydrogens (tertiary/aromatic N) is 2. The van der Waals surface area contributed by atoms with Gasteiger partial charge in [0.25, 0.3) is 0 Å². The van der Waals surface area contributed by atoms with E-state index in [1.807, 2.05) is 17.9 Å². The maximum absolute atomic E-state index is 4.34. The van der Waals surface area contributed by atoms with E-state index in [2.05, 4.69) is 55.5 Å². The Labute approximate surface area is 109 Å². The van der Waals surface area contributed by atoms with Crippen molar-refractivity contribution in [3.63, 3.8) is 0 Å². The van der Waals surface area contributed by atoms with E-state index in [9.17, 15) is 0 Å². The van der Waals surface area contributed by atoms with Gasteiger partial charge in [-0.15, -0.1) is 0 Å². The lowest BCUT2D eigenvalue weighted by Gasteiger charge is -2.17. The molecule has 0 fully saturated rings. The first-order chi connectivity index (χ1) is 8.65. The highest BCUT2D eigenvalue weighted by atomic mass is 15.3. The van der Waals surface area contributed by atoms with E-state index < -0.39 is 0 Å². The molecular weight excluding hydrogens is 222 g/mol. The highest BCUT2D eigenvalue weighted by molar-refractivity contribution is 5.69. The third kappa shape index (κ3) is 2.31. The van der Waals surface area contributed by atoms with Crippen LogP contribution >= 0.6 is 0 Å². The zero-order chi connectivity index (χ0) is 13.1. The van der Waals surface area contributed by atoms with Crippen molar-refractivity contribution in [3.05, 3.63) is 41.7 Å². The highest BCUT2D eigenvalue weighted by Gasteiger charge is 2.14. The summed E-state index contributed by atoms with van der Waals surface area (Å²) in [5.74, 6) is 0. The van der Waals surface area contributed by atoms with Crippen LogP contribution in [0.4, 0.5) is 0 Å². The standard InChI is InChI=1S/C15H21N3/c1-5-16-11(2)13-8-6-7-9-14(13)15-10-17-18(4)12(15)3/h6-11,16H,5H2,1-4H3. The minimum absolute atomic E-state index is 0.353. The Hall–Kier alpha value is -1.61. The number of nitrogens with one attached hydrogen (secondary N) is 1. The lowest BCUT2D eigenvalue weighted by Crippen LogP contribution is -2.18. The van der Waals surface area contributed by atoms with Crippen LogP contribution in [-0.4, -0.2) is 16.3 Å². The molecule has 0 aliphatic carbocycles. The Morgan fingerprint density at radius 1 is 1.28 bits per heavy atom. The van der Waals surface area contributed by atoms with Gasteiger partial charge in [0.2, 0.25) is 0 Å². The van der Waals surface area contributed by atoms with Crippen molar-refractivity contribution in [1.82, 2.24) is 15.1 Å². The molecule has 0 radical (unpaired) electrons. The number of aromatic nitrogens is 2. The maximum Gasteiger partial charge on any atom is 0.0571 e. The van der Waals surface area contributed by atoms with Gasteiger partial charge in [-0.3, -0.25) is 4.68 Å². The third-order valence-corrected chi connectivity index (χ3v) is 3.46. The minimum atomic E-state index is 0.353. The fourth-order valence-corrected chi connectivity index (χ4v) is 2.30. The van der Waals surface area contributed by atoms with Gasteiger partial charge in [0.05, 0.1) is 6.20 Å². The first-order valence-electron chi connectivity index (χ1n) is 6.46. The van der Waals surface area contributed by atoms with Gasteiger partial charge in [-0.25, -0.2) is 0 Å². The van der Waals surface area contributed by atoms with Gasteiger partial charge >= 0.3 is 0 Å². The highest BCUT2D eigenvalue weighted by Crippen LogP contribution is 2.29. The average Bonchev–Trinajstić information content (AvgIpc) is 2.70. The summed E-state index contributed by atoms with van der Waals surface area (Å²) in [6.07, 6.45) is 1.95. The minimum Gasteiger partial charge on any atom is -0.310 e. The Morgan fingerprint density at radius 2 is 2.00 bits per heavy atom. The summed E-state index contributed by atoms with van der Waals surface area (Å²) >= 11 is 0. The van der Waals surface area contributed by atoms with E-state index >= 15 is 0 Å².